The number of hydrogen-bond acceptors (Lipinski definition) is 1. The molecular formula is C23H17F6NO. The van der Waals surface area contributed by atoms with Crippen LogP contribution in [0.15, 0.2) is 66.7 Å². The Morgan fingerprint density at radius 3 is 1.55 bits per heavy atom. The Hall–Kier alpha value is -3.29. The second-order valence-corrected chi connectivity index (χ2v) is 7.05. The van der Waals surface area contributed by atoms with E-state index in [1.54, 1.807) is 12.1 Å². The molecule has 0 radical (unpaired) electrons. The summed E-state index contributed by atoms with van der Waals surface area (Å²) in [5.41, 5.74) is 6.42. The van der Waals surface area contributed by atoms with Crippen molar-refractivity contribution < 1.29 is 31.1 Å². The molecule has 0 unspecified atom stereocenters. The van der Waals surface area contributed by atoms with Crippen molar-refractivity contribution in [2.24, 2.45) is 5.73 Å². The summed E-state index contributed by atoms with van der Waals surface area (Å²) in [6, 6.07) is 14.0. The van der Waals surface area contributed by atoms with Gasteiger partial charge in [0.2, 0.25) is 5.91 Å². The molecule has 0 aliphatic rings. The SMILES string of the molecule is NC(=O)c1cccc(Cc2ccc(C(F)(F)F)cc2)c1Cc1ccc(C(F)(F)F)cc1. The molecule has 3 rings (SSSR count). The number of amides is 1. The van der Waals surface area contributed by atoms with Crippen molar-refractivity contribution in [1.29, 1.82) is 0 Å². The van der Waals surface area contributed by atoms with Crippen LogP contribution in [0.5, 0.6) is 0 Å². The first-order chi connectivity index (χ1) is 14.4. The first-order valence-electron chi connectivity index (χ1n) is 9.18. The first kappa shape index (κ1) is 22.4. The lowest BCUT2D eigenvalue weighted by molar-refractivity contribution is -0.138. The van der Waals surface area contributed by atoms with Gasteiger partial charge in [0.05, 0.1) is 11.1 Å². The molecule has 8 heteroatoms. The van der Waals surface area contributed by atoms with Crippen LogP contribution in [0.4, 0.5) is 26.3 Å². The topological polar surface area (TPSA) is 43.1 Å². The van der Waals surface area contributed by atoms with Crippen molar-refractivity contribution in [3.63, 3.8) is 0 Å². The van der Waals surface area contributed by atoms with Gasteiger partial charge in [0.1, 0.15) is 0 Å². The number of nitrogens with two attached hydrogens (primary N) is 1. The molecule has 2 nitrogen and oxygen atoms in total. The Morgan fingerprint density at radius 2 is 1.13 bits per heavy atom. The highest BCUT2D eigenvalue weighted by Gasteiger charge is 2.30. The molecule has 0 bridgehead atoms. The number of benzene rings is 3. The van der Waals surface area contributed by atoms with Crippen molar-refractivity contribution in [2.45, 2.75) is 25.2 Å². The third kappa shape index (κ3) is 5.45. The summed E-state index contributed by atoms with van der Waals surface area (Å²) in [7, 11) is 0. The molecule has 0 aliphatic carbocycles. The van der Waals surface area contributed by atoms with E-state index in [4.69, 9.17) is 5.73 Å². The molecule has 0 aliphatic heterocycles. The van der Waals surface area contributed by atoms with Crippen molar-refractivity contribution >= 4 is 5.91 Å². The molecule has 0 fully saturated rings. The van der Waals surface area contributed by atoms with Gasteiger partial charge in [-0.05, 0) is 65.4 Å². The lowest BCUT2D eigenvalue weighted by atomic mass is 9.90. The van der Waals surface area contributed by atoms with E-state index in [9.17, 15) is 31.1 Å². The van der Waals surface area contributed by atoms with Crippen LogP contribution in [0.3, 0.4) is 0 Å². The zero-order chi connectivity index (χ0) is 22.8. The molecule has 0 spiro atoms. The van der Waals surface area contributed by atoms with Crippen molar-refractivity contribution in [1.82, 2.24) is 0 Å². The smallest absolute Gasteiger partial charge is 0.366 e. The molecule has 2 N–H and O–H groups in total. The molecule has 0 heterocycles. The average molecular weight is 437 g/mol. The fourth-order valence-corrected chi connectivity index (χ4v) is 3.29. The van der Waals surface area contributed by atoms with Gasteiger partial charge >= 0.3 is 12.4 Å². The van der Waals surface area contributed by atoms with Gasteiger partial charge < -0.3 is 5.73 Å². The van der Waals surface area contributed by atoms with Crippen LogP contribution in [0, 0.1) is 0 Å². The Kier molecular flexibility index (Phi) is 6.10. The molecule has 162 valence electrons. The molecule has 0 saturated carbocycles. The number of alkyl halides is 6. The van der Waals surface area contributed by atoms with Crippen molar-refractivity contribution in [2.75, 3.05) is 0 Å². The molecule has 0 saturated heterocycles. The summed E-state index contributed by atoms with van der Waals surface area (Å²) < 4.78 is 76.7. The van der Waals surface area contributed by atoms with Gasteiger partial charge in [0.15, 0.2) is 0 Å². The quantitative estimate of drug-likeness (QED) is 0.489. The summed E-state index contributed by atoms with van der Waals surface area (Å²) >= 11 is 0. The normalized spacial score (nSPS) is 12.1. The van der Waals surface area contributed by atoms with Crippen LogP contribution in [0.25, 0.3) is 0 Å². The summed E-state index contributed by atoms with van der Waals surface area (Å²) in [5.74, 6) is -0.698. The van der Waals surface area contributed by atoms with Crippen LogP contribution in [0.2, 0.25) is 0 Å². The standard InChI is InChI=1S/C23H17F6NO/c24-22(25,26)17-8-4-14(5-9-17)12-16-2-1-3-19(21(30)31)20(16)13-15-6-10-18(11-7-15)23(27,28)29/h1-11H,12-13H2,(H2,30,31). The first-order valence-corrected chi connectivity index (χ1v) is 9.18. The van der Waals surface area contributed by atoms with Crippen LogP contribution < -0.4 is 5.73 Å². The van der Waals surface area contributed by atoms with E-state index in [0.717, 1.165) is 24.3 Å². The summed E-state index contributed by atoms with van der Waals surface area (Å²) in [6.07, 6.45) is -8.53. The number of primary amides is 1. The van der Waals surface area contributed by atoms with E-state index in [0.29, 0.717) is 22.3 Å². The molecular weight excluding hydrogens is 420 g/mol. The third-order valence-electron chi connectivity index (χ3n) is 4.88. The second kappa shape index (κ2) is 8.45. The number of carbonyl (C=O) groups excluding carboxylic acids is 1. The van der Waals surface area contributed by atoms with Gasteiger partial charge in [0.25, 0.3) is 0 Å². The fourth-order valence-electron chi connectivity index (χ4n) is 3.29. The van der Waals surface area contributed by atoms with E-state index in [1.165, 1.54) is 30.3 Å². The minimum atomic E-state index is -4.46. The van der Waals surface area contributed by atoms with Crippen LogP contribution in [0.1, 0.15) is 43.7 Å². The predicted molar refractivity (Wildman–Crippen MR) is 103 cm³/mol. The summed E-state index contributed by atoms with van der Waals surface area (Å²) in [6.45, 7) is 0. The monoisotopic (exact) mass is 437 g/mol. The Balaban J connectivity index is 1.93. The zero-order valence-electron chi connectivity index (χ0n) is 16.0. The molecule has 0 atom stereocenters. The highest BCUT2D eigenvalue weighted by Crippen LogP contribution is 2.31. The van der Waals surface area contributed by atoms with Crippen molar-refractivity contribution in [3.8, 4) is 0 Å². The Morgan fingerprint density at radius 1 is 0.677 bits per heavy atom. The predicted octanol–water partition coefficient (Wildman–Crippen LogP) is 6.00. The molecule has 31 heavy (non-hydrogen) atoms. The zero-order valence-corrected chi connectivity index (χ0v) is 16.0. The average Bonchev–Trinajstić information content (AvgIpc) is 2.68. The lowest BCUT2D eigenvalue weighted by Crippen LogP contribution is -2.15. The summed E-state index contributed by atoms with van der Waals surface area (Å²) in [4.78, 5) is 11.9. The number of halogens is 6. The minimum absolute atomic E-state index is 0.146. The van der Waals surface area contributed by atoms with E-state index in [-0.39, 0.29) is 18.4 Å². The molecule has 1 amide bonds. The largest absolute Gasteiger partial charge is 0.416 e. The van der Waals surface area contributed by atoms with Crippen molar-refractivity contribution in [3.05, 3.63) is 106 Å². The summed E-state index contributed by atoms with van der Waals surface area (Å²) in [5, 5.41) is 0. The van der Waals surface area contributed by atoms with Gasteiger partial charge in [-0.2, -0.15) is 26.3 Å². The highest BCUT2D eigenvalue weighted by atomic mass is 19.4. The van der Waals surface area contributed by atoms with Gasteiger partial charge in [-0.3, -0.25) is 4.79 Å². The van der Waals surface area contributed by atoms with Crippen LogP contribution in [-0.4, -0.2) is 5.91 Å². The highest BCUT2D eigenvalue weighted by molar-refractivity contribution is 5.94. The van der Waals surface area contributed by atoms with E-state index in [2.05, 4.69) is 0 Å². The second-order valence-electron chi connectivity index (χ2n) is 7.05. The molecule has 3 aromatic rings. The van der Waals surface area contributed by atoms with Gasteiger partial charge in [0, 0.05) is 5.56 Å². The number of rotatable bonds is 5. The fraction of sp³-hybridized carbons (Fsp3) is 0.174. The van der Waals surface area contributed by atoms with Crippen LogP contribution in [-0.2, 0) is 25.2 Å². The number of hydrogen-bond donors (Lipinski definition) is 1. The van der Waals surface area contributed by atoms with Gasteiger partial charge in [-0.15, -0.1) is 0 Å². The maximum atomic E-state index is 12.8. The van der Waals surface area contributed by atoms with E-state index in [1.807, 2.05) is 0 Å². The van der Waals surface area contributed by atoms with E-state index >= 15 is 0 Å². The molecule has 3 aromatic carbocycles. The molecule has 0 aromatic heterocycles. The Bertz CT molecular complexity index is 1070. The van der Waals surface area contributed by atoms with Gasteiger partial charge in [-0.1, -0.05) is 36.4 Å². The van der Waals surface area contributed by atoms with Crippen LogP contribution >= 0.6 is 0 Å². The maximum absolute atomic E-state index is 12.8. The van der Waals surface area contributed by atoms with Gasteiger partial charge in [-0.25, -0.2) is 0 Å². The van der Waals surface area contributed by atoms with E-state index < -0.39 is 29.4 Å². The maximum Gasteiger partial charge on any atom is 0.416 e. The number of carbonyl (C=O) groups is 1. The lowest BCUT2D eigenvalue weighted by Gasteiger charge is -2.15. The minimum Gasteiger partial charge on any atom is -0.366 e. The third-order valence-corrected chi connectivity index (χ3v) is 4.88. The Labute approximate surface area is 174 Å².